The highest BCUT2D eigenvalue weighted by Crippen LogP contribution is 2.34. The molecule has 3 aromatic rings. The van der Waals surface area contributed by atoms with Crippen LogP contribution in [0.2, 0.25) is 5.15 Å². The summed E-state index contributed by atoms with van der Waals surface area (Å²) >= 11 is 6.11. The molecule has 0 aromatic carbocycles. The zero-order valence-corrected chi connectivity index (χ0v) is 21.1. The largest absolute Gasteiger partial charge is 0.356 e. The Kier molecular flexibility index (Phi) is 6.14. The molecule has 0 amide bonds. The van der Waals surface area contributed by atoms with Gasteiger partial charge in [0.25, 0.3) is 0 Å². The molecule has 0 aliphatic carbocycles. The Morgan fingerprint density at radius 3 is 2.78 bits per heavy atom. The van der Waals surface area contributed by atoms with Gasteiger partial charge in [-0.3, -0.25) is 4.98 Å². The van der Waals surface area contributed by atoms with Gasteiger partial charge in [0.05, 0.1) is 16.8 Å². The zero-order chi connectivity index (χ0) is 25.7. The van der Waals surface area contributed by atoms with Gasteiger partial charge in [0.15, 0.2) is 22.6 Å². The van der Waals surface area contributed by atoms with Crippen molar-refractivity contribution in [1.82, 2.24) is 24.4 Å². The lowest BCUT2D eigenvalue weighted by Gasteiger charge is -2.46. The Hall–Kier alpha value is -3.55. The van der Waals surface area contributed by atoms with Crippen molar-refractivity contribution < 1.29 is 9.18 Å². The van der Waals surface area contributed by atoms with Crippen LogP contribution in [0.5, 0.6) is 0 Å². The molecule has 0 spiro atoms. The molecule has 0 saturated carbocycles. The zero-order valence-electron chi connectivity index (χ0n) is 20.4. The molecule has 36 heavy (non-hydrogen) atoms. The third-order valence-electron chi connectivity index (χ3n) is 6.96. The molecule has 186 valence electrons. The van der Waals surface area contributed by atoms with E-state index in [4.69, 9.17) is 11.6 Å². The normalized spacial score (nSPS) is 18.1. The number of halogens is 2. The Morgan fingerprint density at radius 1 is 1.28 bits per heavy atom. The van der Waals surface area contributed by atoms with Crippen molar-refractivity contribution in [3.05, 3.63) is 68.9 Å². The summed E-state index contributed by atoms with van der Waals surface area (Å²) in [7, 11) is 0. The fraction of sp³-hybridized carbons (Fsp3) is 0.385. The third-order valence-corrected chi connectivity index (χ3v) is 7.23. The predicted molar refractivity (Wildman–Crippen MR) is 137 cm³/mol. The third kappa shape index (κ3) is 3.88. The van der Waals surface area contributed by atoms with Crippen molar-refractivity contribution in [1.29, 1.82) is 0 Å². The van der Waals surface area contributed by atoms with E-state index in [0.717, 1.165) is 17.6 Å². The molecule has 2 saturated heterocycles. The Morgan fingerprint density at radius 2 is 2.06 bits per heavy atom. The first-order valence-electron chi connectivity index (χ1n) is 11.9. The van der Waals surface area contributed by atoms with Crippen LogP contribution < -0.4 is 10.6 Å². The van der Waals surface area contributed by atoms with E-state index in [1.165, 1.54) is 10.6 Å². The quantitative estimate of drug-likeness (QED) is 0.391. The number of piperidine rings is 1. The first-order valence-corrected chi connectivity index (χ1v) is 12.3. The van der Waals surface area contributed by atoms with Crippen molar-refractivity contribution >= 4 is 34.4 Å². The standard InChI is InChI=1S/C26H26ClFN6O2/c1-14(2)21-22(16(4)7-8-29-21)34-25-18(11-19(28)23(27)30-25)24(31-26(34)36)32-9-10-33-17(12-32)6-5-15(3)20(33)13-35/h7-8,11,14,17H,3,5-6,9-10,12H2,1-2,4H3. The Balaban J connectivity index is 1.69. The molecule has 2 aliphatic heterocycles. The SMILES string of the molecule is C=C1CCC2CN(c3nc(=O)n(-c4c(C)ccnc4C(C)C)c4nc(Cl)c(F)cc34)CCN2C1=C=O. The molecule has 3 aromatic heterocycles. The van der Waals surface area contributed by atoms with E-state index in [9.17, 15) is 14.0 Å². The van der Waals surface area contributed by atoms with Crippen LogP contribution in [-0.4, -0.2) is 56.0 Å². The number of carbonyl (C=O) groups excluding carboxylic acids is 1. The summed E-state index contributed by atoms with van der Waals surface area (Å²) in [5, 5.41) is 0.0612. The number of anilines is 1. The molecular weight excluding hydrogens is 483 g/mol. The van der Waals surface area contributed by atoms with Crippen LogP contribution in [0.4, 0.5) is 10.2 Å². The summed E-state index contributed by atoms with van der Waals surface area (Å²) < 4.78 is 16.1. The van der Waals surface area contributed by atoms with Gasteiger partial charge in [-0.15, -0.1) is 0 Å². The van der Waals surface area contributed by atoms with Gasteiger partial charge in [-0.25, -0.2) is 23.5 Å². The van der Waals surface area contributed by atoms with Crippen molar-refractivity contribution in [3.8, 4) is 5.69 Å². The van der Waals surface area contributed by atoms with Gasteiger partial charge in [-0.2, -0.15) is 4.98 Å². The number of fused-ring (bicyclic) bond motifs is 2. The minimum absolute atomic E-state index is 0.0200. The van der Waals surface area contributed by atoms with E-state index < -0.39 is 11.5 Å². The average Bonchev–Trinajstić information content (AvgIpc) is 2.85. The fourth-order valence-electron chi connectivity index (χ4n) is 5.19. The molecule has 5 rings (SSSR count). The molecule has 2 fully saturated rings. The van der Waals surface area contributed by atoms with E-state index in [-0.39, 0.29) is 22.8 Å². The summed E-state index contributed by atoms with van der Waals surface area (Å²) in [6, 6.07) is 3.13. The molecule has 1 unspecified atom stereocenters. The van der Waals surface area contributed by atoms with Gasteiger partial charge < -0.3 is 9.80 Å². The van der Waals surface area contributed by atoms with Crippen LogP contribution in [0.1, 0.15) is 43.9 Å². The summed E-state index contributed by atoms with van der Waals surface area (Å²) in [6.45, 7) is 11.4. The first-order chi connectivity index (χ1) is 17.2. The van der Waals surface area contributed by atoms with Crippen LogP contribution in [0, 0.1) is 12.7 Å². The highest BCUT2D eigenvalue weighted by atomic mass is 35.5. The maximum Gasteiger partial charge on any atom is 0.355 e. The number of allylic oxidation sites excluding steroid dienone is 1. The average molecular weight is 509 g/mol. The number of pyridine rings is 2. The number of piperazine rings is 1. The topological polar surface area (TPSA) is 84.2 Å². The monoisotopic (exact) mass is 508 g/mol. The molecule has 1 atom stereocenters. The molecule has 10 heteroatoms. The summed E-state index contributed by atoms with van der Waals surface area (Å²) in [4.78, 5) is 42.4. The van der Waals surface area contributed by atoms with Gasteiger partial charge in [0.1, 0.15) is 11.5 Å². The van der Waals surface area contributed by atoms with Gasteiger partial charge in [-0.1, -0.05) is 32.0 Å². The molecule has 0 N–H and O–H groups in total. The maximum absolute atomic E-state index is 14.7. The van der Waals surface area contributed by atoms with Gasteiger partial charge in [0.2, 0.25) is 0 Å². The predicted octanol–water partition coefficient (Wildman–Crippen LogP) is 3.96. The molecular formula is C26H26ClFN6O2. The second-order valence-electron chi connectivity index (χ2n) is 9.59. The van der Waals surface area contributed by atoms with E-state index in [1.54, 1.807) is 6.20 Å². The van der Waals surface area contributed by atoms with Crippen LogP contribution in [0.3, 0.4) is 0 Å². The molecule has 5 heterocycles. The van der Waals surface area contributed by atoms with Crippen molar-refractivity contribution in [2.75, 3.05) is 24.5 Å². The number of hydrogen-bond donors (Lipinski definition) is 0. The van der Waals surface area contributed by atoms with Crippen LogP contribution in [-0.2, 0) is 4.79 Å². The number of hydrogen-bond acceptors (Lipinski definition) is 7. The highest BCUT2D eigenvalue weighted by molar-refractivity contribution is 6.30. The van der Waals surface area contributed by atoms with E-state index >= 15 is 0 Å². The van der Waals surface area contributed by atoms with Crippen molar-refractivity contribution in [3.63, 3.8) is 0 Å². The van der Waals surface area contributed by atoms with Crippen molar-refractivity contribution in [2.45, 2.75) is 45.6 Å². The second-order valence-corrected chi connectivity index (χ2v) is 9.95. The molecule has 2 aliphatic rings. The Labute approximate surface area is 212 Å². The smallest absolute Gasteiger partial charge is 0.355 e. The van der Waals surface area contributed by atoms with Gasteiger partial charge >= 0.3 is 5.69 Å². The lowest BCUT2D eigenvalue weighted by Crippen LogP contribution is -2.55. The van der Waals surface area contributed by atoms with Crippen molar-refractivity contribution in [2.24, 2.45) is 0 Å². The summed E-state index contributed by atoms with van der Waals surface area (Å²) in [6.07, 6.45) is 3.20. The molecule has 8 nitrogen and oxygen atoms in total. The first kappa shape index (κ1) is 24.2. The second kappa shape index (κ2) is 9.15. The summed E-state index contributed by atoms with van der Waals surface area (Å²) in [5.41, 5.74) is 3.08. The lowest BCUT2D eigenvalue weighted by atomic mass is 9.94. The maximum atomic E-state index is 14.7. The molecule has 0 radical (unpaired) electrons. The van der Waals surface area contributed by atoms with Crippen LogP contribution in [0.15, 0.2) is 41.0 Å². The highest BCUT2D eigenvalue weighted by Gasteiger charge is 2.35. The number of aryl methyl sites for hydroxylation is 1. The number of nitrogens with zero attached hydrogens (tertiary/aromatic N) is 6. The lowest BCUT2D eigenvalue weighted by molar-refractivity contribution is 0.204. The Bertz CT molecular complexity index is 1510. The molecule has 0 bridgehead atoms. The van der Waals surface area contributed by atoms with Gasteiger partial charge in [-0.05, 0) is 49.0 Å². The number of rotatable bonds is 3. The van der Waals surface area contributed by atoms with E-state index in [2.05, 4.69) is 21.5 Å². The minimum atomic E-state index is -0.691. The van der Waals surface area contributed by atoms with E-state index in [1.807, 2.05) is 42.6 Å². The summed E-state index contributed by atoms with van der Waals surface area (Å²) in [5.74, 6) is 1.71. The van der Waals surface area contributed by atoms with Crippen LogP contribution >= 0.6 is 11.6 Å². The number of aromatic nitrogens is 4. The fourth-order valence-corrected chi connectivity index (χ4v) is 5.33. The van der Waals surface area contributed by atoms with E-state index in [0.29, 0.717) is 54.3 Å². The van der Waals surface area contributed by atoms with Gasteiger partial charge in [0, 0.05) is 31.9 Å². The minimum Gasteiger partial charge on any atom is -0.356 e. The van der Waals surface area contributed by atoms with Crippen LogP contribution in [0.25, 0.3) is 16.7 Å².